The van der Waals surface area contributed by atoms with E-state index >= 15 is 0 Å². The van der Waals surface area contributed by atoms with Gasteiger partial charge in [0, 0.05) is 13.2 Å². The zero-order valence-electron chi connectivity index (χ0n) is 20.5. The fourth-order valence-electron chi connectivity index (χ4n) is 4.01. The van der Waals surface area contributed by atoms with Gasteiger partial charge in [-0.1, -0.05) is 6.07 Å². The highest BCUT2D eigenvalue weighted by molar-refractivity contribution is 7.14. The third-order valence-corrected chi connectivity index (χ3v) is 6.53. The van der Waals surface area contributed by atoms with Crippen molar-refractivity contribution in [1.82, 2.24) is 9.88 Å². The molecule has 0 saturated carbocycles. The van der Waals surface area contributed by atoms with Gasteiger partial charge in [-0.2, -0.15) is 0 Å². The van der Waals surface area contributed by atoms with Crippen LogP contribution in [0.15, 0.2) is 29.5 Å². The number of aliphatic hydroxyl groups excluding tert-OH is 1. The SMILES string of the molecule is CCOc1cc(C2C(C(=O)c3sc(C)nc3C)=C(O)C(=O)N2CCCOC(C)C)ccc1OC. The van der Waals surface area contributed by atoms with Crippen LogP contribution in [0.5, 0.6) is 11.5 Å². The number of ether oxygens (including phenoxy) is 3. The molecule has 0 radical (unpaired) electrons. The quantitative estimate of drug-likeness (QED) is 0.366. The van der Waals surface area contributed by atoms with Crippen LogP contribution in [0.3, 0.4) is 0 Å². The van der Waals surface area contributed by atoms with Gasteiger partial charge >= 0.3 is 0 Å². The fraction of sp³-hybridized carbons (Fsp3) is 0.480. The number of carbonyl (C=O) groups is 2. The minimum Gasteiger partial charge on any atom is -0.503 e. The fourth-order valence-corrected chi connectivity index (χ4v) is 4.89. The van der Waals surface area contributed by atoms with Crippen LogP contribution in [-0.2, 0) is 9.53 Å². The lowest BCUT2D eigenvalue weighted by Crippen LogP contribution is -2.32. The number of aryl methyl sites for hydroxylation is 2. The molecule has 1 atom stereocenters. The Balaban J connectivity index is 2.05. The molecule has 0 bridgehead atoms. The number of aliphatic hydroxyl groups is 1. The third-order valence-electron chi connectivity index (χ3n) is 5.46. The molecular formula is C25H32N2O6S. The highest BCUT2D eigenvalue weighted by atomic mass is 32.1. The maximum absolute atomic E-state index is 13.6. The van der Waals surface area contributed by atoms with E-state index in [1.54, 1.807) is 32.2 Å². The topological polar surface area (TPSA) is 98.2 Å². The smallest absolute Gasteiger partial charge is 0.290 e. The van der Waals surface area contributed by atoms with E-state index in [9.17, 15) is 14.7 Å². The van der Waals surface area contributed by atoms with Crippen molar-refractivity contribution < 1.29 is 28.9 Å². The Labute approximate surface area is 204 Å². The first kappa shape index (κ1) is 25.7. The van der Waals surface area contributed by atoms with Crippen LogP contribution >= 0.6 is 11.3 Å². The number of thiazole rings is 1. The maximum Gasteiger partial charge on any atom is 0.290 e. The van der Waals surface area contributed by atoms with Gasteiger partial charge in [-0.25, -0.2) is 4.98 Å². The normalized spacial score (nSPS) is 16.0. The summed E-state index contributed by atoms with van der Waals surface area (Å²) in [5.41, 5.74) is 1.27. The first-order valence-electron chi connectivity index (χ1n) is 11.3. The number of rotatable bonds is 11. The van der Waals surface area contributed by atoms with E-state index < -0.39 is 23.5 Å². The molecule has 1 aliphatic heterocycles. The largest absolute Gasteiger partial charge is 0.503 e. The van der Waals surface area contributed by atoms with Crippen LogP contribution in [0, 0.1) is 13.8 Å². The number of methoxy groups -OCH3 is 1. The van der Waals surface area contributed by atoms with E-state index in [-0.39, 0.29) is 11.7 Å². The number of nitrogens with zero attached hydrogens (tertiary/aromatic N) is 2. The Kier molecular flexibility index (Phi) is 8.33. The van der Waals surface area contributed by atoms with E-state index in [1.165, 1.54) is 16.2 Å². The van der Waals surface area contributed by atoms with E-state index in [0.717, 1.165) is 5.01 Å². The van der Waals surface area contributed by atoms with Gasteiger partial charge < -0.3 is 24.2 Å². The van der Waals surface area contributed by atoms with Gasteiger partial charge in [-0.3, -0.25) is 9.59 Å². The van der Waals surface area contributed by atoms with E-state index in [4.69, 9.17) is 14.2 Å². The average Bonchev–Trinajstić information content (AvgIpc) is 3.26. The number of Topliss-reactive ketones (excluding diaryl/α,β-unsaturated/α-hetero) is 1. The minimum absolute atomic E-state index is 0.0501. The van der Waals surface area contributed by atoms with Crippen LogP contribution in [0.2, 0.25) is 0 Å². The summed E-state index contributed by atoms with van der Waals surface area (Å²) in [5.74, 6) is -0.457. The number of aromatic nitrogens is 1. The maximum atomic E-state index is 13.6. The monoisotopic (exact) mass is 488 g/mol. The van der Waals surface area contributed by atoms with E-state index in [1.807, 2.05) is 27.7 Å². The van der Waals surface area contributed by atoms with Gasteiger partial charge in [0.2, 0.25) is 5.78 Å². The van der Waals surface area contributed by atoms with E-state index in [2.05, 4.69) is 4.98 Å². The van der Waals surface area contributed by atoms with Crippen molar-refractivity contribution in [2.24, 2.45) is 0 Å². The van der Waals surface area contributed by atoms with Crippen molar-refractivity contribution in [1.29, 1.82) is 0 Å². The summed E-state index contributed by atoms with van der Waals surface area (Å²) >= 11 is 1.25. The van der Waals surface area contributed by atoms with Gasteiger partial charge in [0.1, 0.15) is 0 Å². The van der Waals surface area contributed by atoms with Crippen LogP contribution < -0.4 is 9.47 Å². The lowest BCUT2D eigenvalue weighted by atomic mass is 9.94. The van der Waals surface area contributed by atoms with Gasteiger partial charge in [0.15, 0.2) is 17.3 Å². The molecule has 8 nitrogen and oxygen atoms in total. The second-order valence-electron chi connectivity index (χ2n) is 8.26. The van der Waals surface area contributed by atoms with Crippen molar-refractivity contribution in [2.45, 2.75) is 53.2 Å². The molecule has 1 amide bonds. The number of ketones is 1. The zero-order chi connectivity index (χ0) is 25.0. The molecule has 9 heteroatoms. The molecule has 2 heterocycles. The predicted molar refractivity (Wildman–Crippen MR) is 130 cm³/mol. The molecule has 3 rings (SSSR count). The predicted octanol–water partition coefficient (Wildman–Crippen LogP) is 4.56. The summed E-state index contributed by atoms with van der Waals surface area (Å²) in [7, 11) is 1.55. The lowest BCUT2D eigenvalue weighted by molar-refractivity contribution is -0.129. The second-order valence-corrected chi connectivity index (χ2v) is 9.46. The Morgan fingerprint density at radius 3 is 2.59 bits per heavy atom. The van der Waals surface area contributed by atoms with Crippen molar-refractivity contribution in [3.8, 4) is 11.5 Å². The van der Waals surface area contributed by atoms with Gasteiger partial charge in [0.05, 0.1) is 47.0 Å². The molecule has 0 aliphatic carbocycles. The molecule has 1 unspecified atom stereocenters. The second kappa shape index (κ2) is 11.0. The molecule has 0 saturated heterocycles. The number of benzene rings is 1. The van der Waals surface area contributed by atoms with Gasteiger partial charge in [-0.05, 0) is 58.7 Å². The highest BCUT2D eigenvalue weighted by Gasteiger charge is 2.44. The van der Waals surface area contributed by atoms with Crippen LogP contribution in [0.1, 0.15) is 59.2 Å². The Morgan fingerprint density at radius 2 is 2.00 bits per heavy atom. The number of hydrogen-bond acceptors (Lipinski definition) is 8. The van der Waals surface area contributed by atoms with E-state index in [0.29, 0.717) is 53.8 Å². The summed E-state index contributed by atoms with van der Waals surface area (Å²) in [4.78, 5) is 33.0. The minimum atomic E-state index is -0.772. The van der Waals surface area contributed by atoms with Crippen molar-refractivity contribution in [3.05, 3.63) is 50.7 Å². The Morgan fingerprint density at radius 1 is 1.26 bits per heavy atom. The molecule has 1 N–H and O–H groups in total. The molecule has 2 aromatic rings. The molecule has 184 valence electrons. The Bertz CT molecular complexity index is 1090. The number of amides is 1. The van der Waals surface area contributed by atoms with Crippen molar-refractivity contribution >= 4 is 23.0 Å². The van der Waals surface area contributed by atoms with Crippen molar-refractivity contribution in [3.63, 3.8) is 0 Å². The Hall–Kier alpha value is -2.91. The molecule has 1 aromatic heterocycles. The molecule has 34 heavy (non-hydrogen) atoms. The third kappa shape index (κ3) is 5.26. The van der Waals surface area contributed by atoms with Crippen LogP contribution in [0.4, 0.5) is 0 Å². The average molecular weight is 489 g/mol. The molecule has 0 spiro atoms. The summed E-state index contributed by atoms with van der Waals surface area (Å²) in [6, 6.07) is 4.51. The summed E-state index contributed by atoms with van der Waals surface area (Å²) in [6.07, 6.45) is 0.629. The van der Waals surface area contributed by atoms with Gasteiger partial charge in [-0.15, -0.1) is 11.3 Å². The lowest BCUT2D eigenvalue weighted by Gasteiger charge is -2.27. The van der Waals surface area contributed by atoms with Gasteiger partial charge in [0.25, 0.3) is 5.91 Å². The molecule has 1 aliphatic rings. The summed E-state index contributed by atoms with van der Waals surface area (Å²) < 4.78 is 16.7. The van der Waals surface area contributed by atoms with Crippen LogP contribution in [-0.4, -0.2) is 59.7 Å². The number of hydrogen-bond donors (Lipinski definition) is 1. The number of carbonyl (C=O) groups excluding carboxylic acids is 2. The standard InChI is InChI=1S/C25H32N2O6S/c1-7-32-19-13-17(9-10-18(19)31-6)21-20(22(28)24-15(4)26-16(5)34-24)23(29)25(30)27(21)11-8-12-33-14(2)3/h9-10,13-14,21,29H,7-8,11-12H2,1-6H3. The molecular weight excluding hydrogens is 456 g/mol. The van der Waals surface area contributed by atoms with Crippen LogP contribution in [0.25, 0.3) is 0 Å². The zero-order valence-corrected chi connectivity index (χ0v) is 21.3. The molecule has 0 fully saturated rings. The molecule has 1 aromatic carbocycles. The summed E-state index contributed by atoms with van der Waals surface area (Å²) in [5, 5.41) is 11.6. The summed E-state index contributed by atoms with van der Waals surface area (Å²) in [6.45, 7) is 10.5. The first-order valence-corrected chi connectivity index (χ1v) is 12.2. The van der Waals surface area contributed by atoms with Crippen molar-refractivity contribution in [2.75, 3.05) is 26.9 Å². The first-order chi connectivity index (χ1) is 16.2. The highest BCUT2D eigenvalue weighted by Crippen LogP contribution is 2.42.